The van der Waals surface area contributed by atoms with E-state index in [1.165, 1.54) is 0 Å². The summed E-state index contributed by atoms with van der Waals surface area (Å²) >= 11 is 1.61. The Bertz CT molecular complexity index is 302. The van der Waals surface area contributed by atoms with E-state index >= 15 is 0 Å². The Morgan fingerprint density at radius 2 is 2.60 bits per heavy atom. The van der Waals surface area contributed by atoms with Crippen LogP contribution in [0.4, 0.5) is 0 Å². The van der Waals surface area contributed by atoms with E-state index in [1.807, 2.05) is 5.38 Å². The largest absolute Gasteiger partial charge is 0.389 e. The molecule has 1 N–H and O–H groups in total. The van der Waals surface area contributed by atoms with Crippen molar-refractivity contribution in [2.45, 2.75) is 44.3 Å². The molecular weight excluding hydrogens is 210 g/mol. The molecule has 1 aromatic heterocycles. The summed E-state index contributed by atoms with van der Waals surface area (Å²) in [4.78, 5) is 4.22. The number of aromatic nitrogens is 1. The van der Waals surface area contributed by atoms with Gasteiger partial charge >= 0.3 is 0 Å². The van der Waals surface area contributed by atoms with Crippen LogP contribution in [-0.4, -0.2) is 28.4 Å². The molecule has 1 aliphatic heterocycles. The Kier molecular flexibility index (Phi) is 3.38. The van der Waals surface area contributed by atoms with Crippen LogP contribution in [0.25, 0.3) is 0 Å². The summed E-state index contributed by atoms with van der Waals surface area (Å²) in [6.45, 7) is 2.76. The van der Waals surface area contributed by atoms with Crippen LogP contribution in [0.5, 0.6) is 0 Å². The van der Waals surface area contributed by atoms with Crippen LogP contribution >= 0.6 is 11.3 Å². The SMILES string of the molecule is CCC1CC(O)(Cc2nccs2)CCO1. The molecule has 2 heterocycles. The fourth-order valence-electron chi connectivity index (χ4n) is 2.04. The molecule has 2 unspecified atom stereocenters. The van der Waals surface area contributed by atoms with Crippen molar-refractivity contribution in [3.8, 4) is 0 Å². The van der Waals surface area contributed by atoms with Crippen molar-refractivity contribution in [1.29, 1.82) is 0 Å². The minimum Gasteiger partial charge on any atom is -0.389 e. The number of aliphatic hydroxyl groups is 1. The number of ether oxygens (including phenoxy) is 1. The van der Waals surface area contributed by atoms with Crippen LogP contribution in [0.2, 0.25) is 0 Å². The Hall–Kier alpha value is -0.450. The summed E-state index contributed by atoms with van der Waals surface area (Å²) in [7, 11) is 0. The fourth-order valence-corrected chi connectivity index (χ4v) is 2.80. The van der Waals surface area contributed by atoms with Gasteiger partial charge in [-0.1, -0.05) is 6.92 Å². The van der Waals surface area contributed by atoms with Gasteiger partial charge in [0.25, 0.3) is 0 Å². The van der Waals surface area contributed by atoms with Crippen molar-refractivity contribution in [2.24, 2.45) is 0 Å². The zero-order valence-electron chi connectivity index (χ0n) is 8.98. The van der Waals surface area contributed by atoms with Crippen LogP contribution in [-0.2, 0) is 11.2 Å². The Labute approximate surface area is 94.1 Å². The summed E-state index contributed by atoms with van der Waals surface area (Å²) in [5.41, 5.74) is -0.600. The molecule has 1 aliphatic rings. The van der Waals surface area contributed by atoms with Crippen molar-refractivity contribution in [3.05, 3.63) is 16.6 Å². The van der Waals surface area contributed by atoms with Crippen molar-refractivity contribution in [1.82, 2.24) is 4.98 Å². The lowest BCUT2D eigenvalue weighted by atomic mass is 9.87. The molecule has 0 radical (unpaired) electrons. The smallest absolute Gasteiger partial charge is 0.0953 e. The second-order valence-electron chi connectivity index (χ2n) is 4.18. The third-order valence-electron chi connectivity index (χ3n) is 2.95. The highest BCUT2D eigenvalue weighted by Gasteiger charge is 2.35. The predicted molar refractivity (Wildman–Crippen MR) is 60.0 cm³/mol. The zero-order valence-corrected chi connectivity index (χ0v) is 9.80. The minimum atomic E-state index is -0.600. The average Bonchev–Trinajstić information content (AvgIpc) is 2.69. The maximum Gasteiger partial charge on any atom is 0.0953 e. The third-order valence-corrected chi connectivity index (χ3v) is 3.73. The van der Waals surface area contributed by atoms with Crippen LogP contribution in [0, 0.1) is 0 Å². The first-order valence-corrected chi connectivity index (χ1v) is 6.32. The predicted octanol–water partition coefficient (Wildman–Crippen LogP) is 2.01. The average molecular weight is 227 g/mol. The van der Waals surface area contributed by atoms with Gasteiger partial charge in [-0.2, -0.15) is 0 Å². The molecule has 2 atom stereocenters. The van der Waals surface area contributed by atoms with E-state index in [9.17, 15) is 5.11 Å². The highest BCUT2D eigenvalue weighted by Crippen LogP contribution is 2.30. The van der Waals surface area contributed by atoms with E-state index in [0.717, 1.165) is 24.3 Å². The van der Waals surface area contributed by atoms with Crippen LogP contribution in [0.3, 0.4) is 0 Å². The van der Waals surface area contributed by atoms with Crippen LogP contribution < -0.4 is 0 Å². The third kappa shape index (κ3) is 2.77. The van der Waals surface area contributed by atoms with E-state index in [2.05, 4.69) is 11.9 Å². The first-order valence-electron chi connectivity index (χ1n) is 5.44. The summed E-state index contributed by atoms with van der Waals surface area (Å²) in [6, 6.07) is 0. The summed E-state index contributed by atoms with van der Waals surface area (Å²) in [6.07, 6.45) is 5.11. The van der Waals surface area contributed by atoms with Gasteiger partial charge in [-0.3, -0.25) is 0 Å². The van der Waals surface area contributed by atoms with Gasteiger partial charge in [0.2, 0.25) is 0 Å². The minimum absolute atomic E-state index is 0.212. The summed E-state index contributed by atoms with van der Waals surface area (Å²) in [5, 5.41) is 13.4. The van der Waals surface area contributed by atoms with Gasteiger partial charge in [0.1, 0.15) is 0 Å². The summed E-state index contributed by atoms with van der Waals surface area (Å²) in [5.74, 6) is 0. The van der Waals surface area contributed by atoms with Crippen LogP contribution in [0.15, 0.2) is 11.6 Å². The molecule has 1 fully saturated rings. The highest BCUT2D eigenvalue weighted by molar-refractivity contribution is 7.09. The maximum absolute atomic E-state index is 10.4. The van der Waals surface area contributed by atoms with Crippen molar-refractivity contribution < 1.29 is 9.84 Å². The lowest BCUT2D eigenvalue weighted by Crippen LogP contribution is -2.42. The molecule has 3 nitrogen and oxygen atoms in total. The molecular formula is C11H17NO2S. The molecule has 1 aromatic rings. The van der Waals surface area contributed by atoms with Gasteiger partial charge < -0.3 is 9.84 Å². The molecule has 0 spiro atoms. The first kappa shape index (κ1) is 11.0. The normalized spacial score (nSPS) is 31.7. The molecule has 1 saturated heterocycles. The number of thiazole rings is 1. The van der Waals surface area contributed by atoms with Gasteiger partial charge in [-0.25, -0.2) is 4.98 Å². The number of hydrogen-bond acceptors (Lipinski definition) is 4. The number of nitrogens with zero attached hydrogens (tertiary/aromatic N) is 1. The molecule has 84 valence electrons. The lowest BCUT2D eigenvalue weighted by Gasteiger charge is -2.36. The van der Waals surface area contributed by atoms with Gasteiger partial charge in [0.15, 0.2) is 0 Å². The second-order valence-corrected chi connectivity index (χ2v) is 5.16. The Morgan fingerprint density at radius 1 is 1.73 bits per heavy atom. The van der Waals surface area contributed by atoms with Gasteiger partial charge in [0.05, 0.1) is 16.7 Å². The number of hydrogen-bond donors (Lipinski definition) is 1. The highest BCUT2D eigenvalue weighted by atomic mass is 32.1. The monoisotopic (exact) mass is 227 g/mol. The quantitative estimate of drug-likeness (QED) is 0.859. The molecule has 4 heteroatoms. The van der Waals surface area contributed by atoms with E-state index in [1.54, 1.807) is 17.5 Å². The van der Waals surface area contributed by atoms with E-state index < -0.39 is 5.60 Å². The second kappa shape index (κ2) is 4.60. The summed E-state index contributed by atoms with van der Waals surface area (Å²) < 4.78 is 5.56. The van der Waals surface area contributed by atoms with Crippen molar-refractivity contribution in [3.63, 3.8) is 0 Å². The lowest BCUT2D eigenvalue weighted by molar-refractivity contribution is -0.103. The molecule has 2 rings (SSSR count). The van der Waals surface area contributed by atoms with Crippen LogP contribution in [0.1, 0.15) is 31.2 Å². The van der Waals surface area contributed by atoms with E-state index in [4.69, 9.17) is 4.74 Å². The first-order chi connectivity index (χ1) is 7.22. The maximum atomic E-state index is 10.4. The van der Waals surface area contributed by atoms with E-state index in [0.29, 0.717) is 13.0 Å². The Morgan fingerprint density at radius 3 is 3.27 bits per heavy atom. The Balaban J connectivity index is 1.99. The van der Waals surface area contributed by atoms with Gasteiger partial charge in [-0.05, 0) is 6.42 Å². The molecule has 0 aromatic carbocycles. The number of rotatable bonds is 3. The molecule has 0 amide bonds. The topological polar surface area (TPSA) is 42.4 Å². The standard InChI is InChI=1S/C11H17NO2S/c1-2-9-7-11(13,3-5-14-9)8-10-12-4-6-15-10/h4,6,9,13H,2-3,5,7-8H2,1H3. The molecule has 0 aliphatic carbocycles. The fraction of sp³-hybridized carbons (Fsp3) is 0.727. The molecule has 0 bridgehead atoms. The van der Waals surface area contributed by atoms with Gasteiger partial charge in [-0.15, -0.1) is 11.3 Å². The molecule has 0 saturated carbocycles. The zero-order chi connectivity index (χ0) is 10.7. The molecule has 15 heavy (non-hydrogen) atoms. The van der Waals surface area contributed by atoms with E-state index in [-0.39, 0.29) is 6.10 Å². The van der Waals surface area contributed by atoms with Crippen molar-refractivity contribution in [2.75, 3.05) is 6.61 Å². The van der Waals surface area contributed by atoms with Gasteiger partial charge in [0, 0.05) is 37.4 Å². The van der Waals surface area contributed by atoms with Crippen molar-refractivity contribution >= 4 is 11.3 Å².